The van der Waals surface area contributed by atoms with Crippen LogP contribution < -0.4 is 5.32 Å². The number of likely N-dealkylation sites (tertiary alicyclic amines) is 1. The summed E-state index contributed by atoms with van der Waals surface area (Å²) >= 11 is 0. The van der Waals surface area contributed by atoms with E-state index in [9.17, 15) is 0 Å². The minimum absolute atomic E-state index is 0.219. The Morgan fingerprint density at radius 2 is 1.67 bits per heavy atom. The Hall–Kier alpha value is -0.160. The number of hydrogen-bond acceptors (Lipinski definition) is 4. The average Bonchev–Trinajstić information content (AvgIpc) is 2.88. The highest BCUT2D eigenvalue weighted by Crippen LogP contribution is 2.40. The molecule has 2 rings (SSSR count). The van der Waals surface area contributed by atoms with Gasteiger partial charge in [0.05, 0.1) is 12.2 Å². The summed E-state index contributed by atoms with van der Waals surface area (Å²) in [6.45, 7) is 6.72. The zero-order chi connectivity index (χ0) is 13.3. The van der Waals surface area contributed by atoms with E-state index in [4.69, 9.17) is 9.47 Å². The van der Waals surface area contributed by atoms with Crippen LogP contribution in [0.25, 0.3) is 0 Å². The Morgan fingerprint density at radius 1 is 1.11 bits per heavy atom. The lowest BCUT2D eigenvalue weighted by Gasteiger charge is -2.35. The maximum absolute atomic E-state index is 5.54. The van der Waals surface area contributed by atoms with Gasteiger partial charge in [0.1, 0.15) is 0 Å². The molecule has 4 unspecified atom stereocenters. The van der Waals surface area contributed by atoms with Gasteiger partial charge in [-0.2, -0.15) is 0 Å². The third-order valence-electron chi connectivity index (χ3n) is 4.94. The molecule has 1 aliphatic heterocycles. The predicted octanol–water partition coefficient (Wildman–Crippen LogP) is 1.11. The van der Waals surface area contributed by atoms with Crippen LogP contribution in [0.5, 0.6) is 0 Å². The van der Waals surface area contributed by atoms with Crippen LogP contribution in [0.2, 0.25) is 0 Å². The molecule has 1 N–H and O–H groups in total. The fourth-order valence-electron chi connectivity index (χ4n) is 3.83. The van der Waals surface area contributed by atoms with E-state index in [0.717, 1.165) is 13.1 Å². The van der Waals surface area contributed by atoms with Crippen LogP contribution in [0, 0.1) is 5.41 Å². The average molecular weight is 256 g/mol. The quantitative estimate of drug-likeness (QED) is 0.817. The van der Waals surface area contributed by atoms with Gasteiger partial charge in [-0.15, -0.1) is 0 Å². The van der Waals surface area contributed by atoms with E-state index in [1.54, 1.807) is 14.2 Å². The van der Waals surface area contributed by atoms with Gasteiger partial charge in [-0.05, 0) is 25.3 Å². The summed E-state index contributed by atoms with van der Waals surface area (Å²) in [5, 5.41) is 3.52. The zero-order valence-electron chi connectivity index (χ0n) is 12.4. The van der Waals surface area contributed by atoms with Crippen molar-refractivity contribution in [3.8, 4) is 0 Å². The fourth-order valence-corrected chi connectivity index (χ4v) is 3.83. The number of methoxy groups -OCH3 is 2. The van der Waals surface area contributed by atoms with Crippen LogP contribution in [-0.2, 0) is 9.47 Å². The molecule has 4 nitrogen and oxygen atoms in total. The molecule has 4 heteroatoms. The van der Waals surface area contributed by atoms with Crippen molar-refractivity contribution in [3.63, 3.8) is 0 Å². The summed E-state index contributed by atoms with van der Waals surface area (Å²) in [5.41, 5.74) is 0.382. The maximum atomic E-state index is 5.54. The van der Waals surface area contributed by atoms with Crippen LogP contribution in [0.15, 0.2) is 0 Å². The first-order chi connectivity index (χ1) is 8.53. The van der Waals surface area contributed by atoms with E-state index in [1.807, 2.05) is 0 Å². The second-order valence-electron chi connectivity index (χ2n) is 6.36. The van der Waals surface area contributed by atoms with Gasteiger partial charge < -0.3 is 14.8 Å². The Morgan fingerprint density at radius 3 is 2.11 bits per heavy atom. The summed E-state index contributed by atoms with van der Waals surface area (Å²) in [6, 6.07) is 1.17. The largest absolute Gasteiger partial charge is 0.377 e. The molecule has 2 aliphatic rings. The molecule has 4 atom stereocenters. The molecule has 106 valence electrons. The number of ether oxygens (including phenoxy) is 2. The maximum Gasteiger partial charge on any atom is 0.0971 e. The molecule has 1 saturated carbocycles. The SMILES string of the molecule is CNC1C(N2CC(OC)C(OC)C2)CCC1(C)C. The van der Waals surface area contributed by atoms with Gasteiger partial charge >= 0.3 is 0 Å². The second-order valence-corrected chi connectivity index (χ2v) is 6.36. The third kappa shape index (κ3) is 2.44. The van der Waals surface area contributed by atoms with Crippen molar-refractivity contribution >= 4 is 0 Å². The van der Waals surface area contributed by atoms with Gasteiger partial charge in [-0.1, -0.05) is 13.8 Å². The van der Waals surface area contributed by atoms with E-state index in [2.05, 4.69) is 31.1 Å². The molecule has 0 spiro atoms. The van der Waals surface area contributed by atoms with Crippen LogP contribution in [0.1, 0.15) is 26.7 Å². The molecule has 1 heterocycles. The van der Waals surface area contributed by atoms with E-state index in [1.165, 1.54) is 12.8 Å². The van der Waals surface area contributed by atoms with E-state index in [0.29, 0.717) is 17.5 Å². The number of rotatable bonds is 4. The first-order valence-corrected chi connectivity index (χ1v) is 7.00. The molecule has 0 amide bonds. The van der Waals surface area contributed by atoms with Gasteiger partial charge in [0.25, 0.3) is 0 Å². The van der Waals surface area contributed by atoms with Crippen LogP contribution >= 0.6 is 0 Å². The van der Waals surface area contributed by atoms with Gasteiger partial charge in [0.15, 0.2) is 0 Å². The van der Waals surface area contributed by atoms with Crippen LogP contribution in [0.3, 0.4) is 0 Å². The number of hydrogen-bond donors (Lipinski definition) is 1. The third-order valence-corrected chi connectivity index (χ3v) is 4.94. The molecular weight excluding hydrogens is 228 g/mol. The Bertz CT molecular complexity index is 271. The molecule has 0 aromatic carbocycles. The van der Waals surface area contributed by atoms with Crippen molar-refractivity contribution in [2.45, 2.75) is 51.0 Å². The summed E-state index contributed by atoms with van der Waals surface area (Å²) in [4.78, 5) is 2.55. The van der Waals surface area contributed by atoms with Crippen molar-refractivity contribution in [3.05, 3.63) is 0 Å². The zero-order valence-corrected chi connectivity index (χ0v) is 12.4. The minimum Gasteiger partial charge on any atom is -0.377 e. The number of nitrogens with one attached hydrogen (secondary N) is 1. The standard InChI is InChI=1S/C14H28N2O2/c1-14(2)7-6-10(13(14)15-3)16-8-11(17-4)12(9-16)18-5/h10-13,15H,6-9H2,1-5H3. The van der Waals surface area contributed by atoms with E-state index in [-0.39, 0.29) is 12.2 Å². The van der Waals surface area contributed by atoms with Crippen LogP contribution in [0.4, 0.5) is 0 Å². The molecule has 1 aliphatic carbocycles. The van der Waals surface area contributed by atoms with Gasteiger partial charge in [0.2, 0.25) is 0 Å². The van der Waals surface area contributed by atoms with Crippen LogP contribution in [-0.4, -0.2) is 63.5 Å². The van der Waals surface area contributed by atoms with Crippen molar-refractivity contribution in [2.24, 2.45) is 5.41 Å². The molecule has 0 bridgehead atoms. The minimum atomic E-state index is 0.219. The molecule has 2 fully saturated rings. The lowest BCUT2D eigenvalue weighted by molar-refractivity contribution is -0.00461. The van der Waals surface area contributed by atoms with Crippen molar-refractivity contribution in [1.29, 1.82) is 0 Å². The van der Waals surface area contributed by atoms with Crippen molar-refractivity contribution < 1.29 is 9.47 Å². The summed E-state index contributed by atoms with van der Waals surface area (Å²) < 4.78 is 11.1. The molecule has 0 radical (unpaired) electrons. The molecular formula is C14H28N2O2. The molecule has 0 aromatic heterocycles. The highest BCUT2D eigenvalue weighted by molar-refractivity contribution is 5.03. The summed E-state index contributed by atoms with van der Waals surface area (Å²) in [5.74, 6) is 0. The van der Waals surface area contributed by atoms with E-state index >= 15 is 0 Å². The lowest BCUT2D eigenvalue weighted by atomic mass is 9.86. The first-order valence-electron chi connectivity index (χ1n) is 7.00. The molecule has 1 saturated heterocycles. The Balaban J connectivity index is 2.05. The highest BCUT2D eigenvalue weighted by atomic mass is 16.5. The highest BCUT2D eigenvalue weighted by Gasteiger charge is 2.47. The summed E-state index contributed by atoms with van der Waals surface area (Å²) in [6.07, 6.45) is 2.99. The lowest BCUT2D eigenvalue weighted by Crippen LogP contribution is -2.50. The predicted molar refractivity (Wildman–Crippen MR) is 72.8 cm³/mol. The number of nitrogens with zero attached hydrogens (tertiary/aromatic N) is 1. The van der Waals surface area contributed by atoms with Crippen molar-refractivity contribution in [2.75, 3.05) is 34.4 Å². The monoisotopic (exact) mass is 256 g/mol. The topological polar surface area (TPSA) is 33.7 Å². The smallest absolute Gasteiger partial charge is 0.0971 e. The second kappa shape index (κ2) is 5.45. The van der Waals surface area contributed by atoms with Gasteiger partial charge in [-0.25, -0.2) is 0 Å². The summed E-state index contributed by atoms with van der Waals surface area (Å²) in [7, 11) is 5.66. The fraction of sp³-hybridized carbons (Fsp3) is 1.00. The number of likely N-dealkylation sites (N-methyl/N-ethyl adjacent to an activating group) is 1. The van der Waals surface area contributed by atoms with Crippen molar-refractivity contribution in [1.82, 2.24) is 10.2 Å². The van der Waals surface area contributed by atoms with Gasteiger partial charge in [0, 0.05) is 39.4 Å². The van der Waals surface area contributed by atoms with Gasteiger partial charge in [-0.3, -0.25) is 4.90 Å². The Labute approximate surface area is 111 Å². The molecule has 18 heavy (non-hydrogen) atoms. The Kier molecular flexibility index (Phi) is 4.32. The van der Waals surface area contributed by atoms with E-state index < -0.39 is 0 Å². The first kappa shape index (κ1) is 14.3. The normalized spacial score (nSPS) is 40.5. The molecule has 0 aromatic rings.